The zero-order valence-corrected chi connectivity index (χ0v) is 9.54. The molecule has 0 unspecified atom stereocenters. The first-order valence-electron chi connectivity index (χ1n) is 4.99. The van der Waals surface area contributed by atoms with Crippen LogP contribution in [0.2, 0.25) is 0 Å². The summed E-state index contributed by atoms with van der Waals surface area (Å²) < 4.78 is 0. The molecule has 1 aromatic heterocycles. The van der Waals surface area contributed by atoms with Gasteiger partial charge >= 0.3 is 0 Å². The predicted molar refractivity (Wildman–Crippen MR) is 62.1 cm³/mol. The number of rotatable bonds is 5. The summed E-state index contributed by atoms with van der Waals surface area (Å²) in [5, 5.41) is 0. The van der Waals surface area contributed by atoms with Gasteiger partial charge < -0.3 is 4.90 Å². The number of nitrogens with zero attached hydrogens (tertiary/aromatic N) is 2. The van der Waals surface area contributed by atoms with E-state index in [1.807, 2.05) is 24.4 Å². The lowest BCUT2D eigenvalue weighted by molar-refractivity contribution is 0.663. The van der Waals surface area contributed by atoms with Crippen LogP contribution in [0.4, 0.5) is 5.82 Å². The number of aromatic nitrogens is 1. The highest BCUT2D eigenvalue weighted by Crippen LogP contribution is 2.13. The first-order chi connectivity index (χ1) is 6.75. The van der Waals surface area contributed by atoms with Crippen LogP contribution < -0.4 is 4.90 Å². The van der Waals surface area contributed by atoms with E-state index in [-0.39, 0.29) is 0 Å². The maximum Gasteiger partial charge on any atom is 0.128 e. The molecule has 14 heavy (non-hydrogen) atoms. The van der Waals surface area contributed by atoms with Gasteiger partial charge in [0, 0.05) is 24.7 Å². The Hall–Kier alpha value is -0.760. The van der Waals surface area contributed by atoms with Crippen molar-refractivity contribution in [2.45, 2.75) is 26.3 Å². The summed E-state index contributed by atoms with van der Waals surface area (Å²) >= 11 is 5.69. The Bertz CT molecular complexity index is 249. The number of hydrogen-bond acceptors (Lipinski definition) is 2. The van der Waals surface area contributed by atoms with Gasteiger partial charge in [0.15, 0.2) is 0 Å². The third-order valence-corrected chi connectivity index (χ3v) is 2.37. The van der Waals surface area contributed by atoms with E-state index in [4.69, 9.17) is 11.6 Å². The fourth-order valence-electron chi connectivity index (χ4n) is 1.39. The van der Waals surface area contributed by atoms with Crippen molar-refractivity contribution in [1.82, 2.24) is 4.98 Å². The maximum absolute atomic E-state index is 5.69. The second kappa shape index (κ2) is 5.86. The lowest BCUT2D eigenvalue weighted by Gasteiger charge is -2.27. The van der Waals surface area contributed by atoms with Crippen molar-refractivity contribution in [2.75, 3.05) is 17.3 Å². The minimum absolute atomic E-state index is 0.466. The first kappa shape index (κ1) is 11.3. The molecule has 0 spiro atoms. The van der Waals surface area contributed by atoms with E-state index in [9.17, 15) is 0 Å². The third-order valence-electron chi connectivity index (χ3n) is 2.10. The van der Waals surface area contributed by atoms with Crippen LogP contribution in [0.5, 0.6) is 0 Å². The molecule has 0 aliphatic rings. The van der Waals surface area contributed by atoms with Crippen LogP contribution in [-0.4, -0.2) is 23.5 Å². The van der Waals surface area contributed by atoms with Crippen molar-refractivity contribution >= 4 is 17.4 Å². The Balaban J connectivity index is 2.68. The largest absolute Gasteiger partial charge is 0.354 e. The molecule has 0 aliphatic heterocycles. The van der Waals surface area contributed by atoms with Crippen molar-refractivity contribution < 1.29 is 0 Å². The molecule has 0 aliphatic carbocycles. The molecule has 0 amide bonds. The molecule has 0 bridgehead atoms. The van der Waals surface area contributed by atoms with E-state index in [1.165, 1.54) is 0 Å². The lowest BCUT2D eigenvalue weighted by Crippen LogP contribution is -2.32. The van der Waals surface area contributed by atoms with Crippen LogP contribution in [-0.2, 0) is 0 Å². The molecule has 0 saturated carbocycles. The van der Waals surface area contributed by atoms with Crippen molar-refractivity contribution in [3.8, 4) is 0 Å². The van der Waals surface area contributed by atoms with Gasteiger partial charge in [-0.15, -0.1) is 11.6 Å². The monoisotopic (exact) mass is 212 g/mol. The molecule has 0 N–H and O–H groups in total. The maximum atomic E-state index is 5.69. The van der Waals surface area contributed by atoms with E-state index in [0.29, 0.717) is 11.9 Å². The van der Waals surface area contributed by atoms with Crippen molar-refractivity contribution in [3.63, 3.8) is 0 Å². The van der Waals surface area contributed by atoms with Crippen LogP contribution in [0.3, 0.4) is 0 Å². The summed E-state index contributed by atoms with van der Waals surface area (Å²) in [6, 6.07) is 6.45. The molecule has 1 aromatic rings. The molecule has 0 aromatic carbocycles. The van der Waals surface area contributed by atoms with E-state index in [1.54, 1.807) is 0 Å². The molecular formula is C11H17ClN2. The molecule has 0 radical (unpaired) electrons. The van der Waals surface area contributed by atoms with E-state index < -0.39 is 0 Å². The molecule has 0 fully saturated rings. The van der Waals surface area contributed by atoms with Crippen molar-refractivity contribution in [3.05, 3.63) is 24.4 Å². The van der Waals surface area contributed by atoms with Gasteiger partial charge in [-0.2, -0.15) is 0 Å². The highest BCUT2D eigenvalue weighted by molar-refractivity contribution is 6.17. The van der Waals surface area contributed by atoms with Gasteiger partial charge in [-0.05, 0) is 32.4 Å². The second-order valence-corrected chi connectivity index (χ2v) is 3.90. The first-order valence-corrected chi connectivity index (χ1v) is 5.52. The van der Waals surface area contributed by atoms with Gasteiger partial charge in [0.25, 0.3) is 0 Å². The Labute approximate surface area is 90.9 Å². The molecule has 1 heterocycles. The van der Waals surface area contributed by atoms with Gasteiger partial charge in [0.1, 0.15) is 5.82 Å². The van der Waals surface area contributed by atoms with E-state index in [2.05, 4.69) is 23.7 Å². The average molecular weight is 213 g/mol. The molecule has 1 rings (SSSR count). The third kappa shape index (κ3) is 3.18. The zero-order valence-electron chi connectivity index (χ0n) is 8.78. The van der Waals surface area contributed by atoms with Gasteiger partial charge in [-0.25, -0.2) is 4.98 Å². The Morgan fingerprint density at radius 3 is 2.71 bits per heavy atom. The van der Waals surface area contributed by atoms with Crippen LogP contribution >= 0.6 is 11.6 Å². The molecule has 0 atom stereocenters. The second-order valence-electron chi connectivity index (χ2n) is 3.52. The van der Waals surface area contributed by atoms with Gasteiger partial charge in [0.05, 0.1) is 0 Å². The Kier molecular flexibility index (Phi) is 4.74. The highest BCUT2D eigenvalue weighted by atomic mass is 35.5. The molecular weight excluding hydrogens is 196 g/mol. The Morgan fingerprint density at radius 1 is 1.43 bits per heavy atom. The topological polar surface area (TPSA) is 16.1 Å². The van der Waals surface area contributed by atoms with Crippen LogP contribution in [0.15, 0.2) is 24.4 Å². The fourth-order valence-corrected chi connectivity index (χ4v) is 1.51. The van der Waals surface area contributed by atoms with Gasteiger partial charge in [-0.3, -0.25) is 0 Å². The number of alkyl halides is 1. The number of anilines is 1. The highest BCUT2D eigenvalue weighted by Gasteiger charge is 2.09. The van der Waals surface area contributed by atoms with Crippen LogP contribution in [0.25, 0.3) is 0 Å². The van der Waals surface area contributed by atoms with Gasteiger partial charge in [0.2, 0.25) is 0 Å². The lowest BCUT2D eigenvalue weighted by atomic mass is 10.3. The molecule has 0 saturated heterocycles. The predicted octanol–water partition coefficient (Wildman–Crippen LogP) is 2.93. The summed E-state index contributed by atoms with van der Waals surface area (Å²) in [7, 11) is 0. The van der Waals surface area contributed by atoms with Crippen LogP contribution in [0, 0.1) is 0 Å². The van der Waals surface area contributed by atoms with Crippen molar-refractivity contribution in [1.29, 1.82) is 0 Å². The van der Waals surface area contributed by atoms with Crippen molar-refractivity contribution in [2.24, 2.45) is 0 Å². The standard InChI is InChI=1S/C11H17ClN2/c1-10(2)14(9-5-7-12)11-6-3-4-8-13-11/h3-4,6,8,10H,5,7,9H2,1-2H3. The molecule has 2 nitrogen and oxygen atoms in total. The molecule has 3 heteroatoms. The normalized spacial score (nSPS) is 10.6. The summed E-state index contributed by atoms with van der Waals surface area (Å²) in [5.41, 5.74) is 0. The number of hydrogen-bond donors (Lipinski definition) is 0. The van der Waals surface area contributed by atoms with E-state index >= 15 is 0 Å². The van der Waals surface area contributed by atoms with Crippen LogP contribution in [0.1, 0.15) is 20.3 Å². The fraction of sp³-hybridized carbons (Fsp3) is 0.545. The average Bonchev–Trinajstić information content (AvgIpc) is 2.19. The SMILES string of the molecule is CC(C)N(CCCCl)c1ccccn1. The number of pyridine rings is 1. The minimum atomic E-state index is 0.466. The quantitative estimate of drug-likeness (QED) is 0.698. The smallest absolute Gasteiger partial charge is 0.128 e. The molecule has 78 valence electrons. The Morgan fingerprint density at radius 2 is 2.21 bits per heavy atom. The summed E-state index contributed by atoms with van der Waals surface area (Å²) in [4.78, 5) is 6.60. The van der Waals surface area contributed by atoms with E-state index in [0.717, 1.165) is 18.8 Å². The summed E-state index contributed by atoms with van der Waals surface area (Å²) in [6.45, 7) is 5.31. The van der Waals surface area contributed by atoms with Gasteiger partial charge in [-0.1, -0.05) is 6.07 Å². The summed E-state index contributed by atoms with van der Waals surface area (Å²) in [5.74, 6) is 1.74. The number of halogens is 1. The zero-order chi connectivity index (χ0) is 10.4. The summed E-state index contributed by atoms with van der Waals surface area (Å²) in [6.07, 6.45) is 2.82. The minimum Gasteiger partial charge on any atom is -0.354 e.